The molecule has 0 radical (unpaired) electrons. The van der Waals surface area contributed by atoms with Crippen molar-refractivity contribution in [2.24, 2.45) is 5.92 Å². The molecule has 1 aromatic carbocycles. The van der Waals surface area contributed by atoms with Crippen molar-refractivity contribution in [3.63, 3.8) is 0 Å². The normalized spacial score (nSPS) is 26.9. The van der Waals surface area contributed by atoms with Crippen LogP contribution < -0.4 is 5.32 Å². The Labute approximate surface area is 124 Å². The lowest BCUT2D eigenvalue weighted by Gasteiger charge is -2.30. The molecule has 1 heterocycles. The summed E-state index contributed by atoms with van der Waals surface area (Å²) in [5.41, 5.74) is 1.43. The van der Waals surface area contributed by atoms with Gasteiger partial charge < -0.3 is 5.32 Å². The lowest BCUT2D eigenvalue weighted by molar-refractivity contribution is 0.200. The molecule has 1 N–H and O–H groups in total. The van der Waals surface area contributed by atoms with Crippen LogP contribution in [-0.2, 0) is 0 Å². The molecule has 2 fully saturated rings. The van der Waals surface area contributed by atoms with Crippen LogP contribution in [0.25, 0.3) is 0 Å². The average Bonchev–Trinajstić information content (AvgIpc) is 3.25. The summed E-state index contributed by atoms with van der Waals surface area (Å²) in [7, 11) is 0. The lowest BCUT2D eigenvalue weighted by Crippen LogP contribution is -2.40. The van der Waals surface area contributed by atoms with Crippen LogP contribution in [0.1, 0.15) is 37.8 Å². The van der Waals surface area contributed by atoms with Gasteiger partial charge in [0.2, 0.25) is 0 Å². The standard InChI is InChI=1S/C16H23BrN2/c1-12(13-5-7-15(17)8-6-13)19-10-2-9-18-16(11-19)14-3-4-14/h5-8,12,14,16,18H,2-4,9-11H2,1H3. The predicted molar refractivity (Wildman–Crippen MR) is 83.3 cm³/mol. The van der Waals surface area contributed by atoms with Gasteiger partial charge in [0.15, 0.2) is 0 Å². The van der Waals surface area contributed by atoms with Gasteiger partial charge in [-0.15, -0.1) is 0 Å². The largest absolute Gasteiger partial charge is 0.312 e. The Bertz CT molecular complexity index is 413. The molecule has 0 bridgehead atoms. The molecule has 3 heteroatoms. The first-order chi connectivity index (χ1) is 9.24. The zero-order valence-electron chi connectivity index (χ0n) is 11.6. The molecule has 2 nitrogen and oxygen atoms in total. The van der Waals surface area contributed by atoms with Gasteiger partial charge in [-0.1, -0.05) is 28.1 Å². The monoisotopic (exact) mass is 322 g/mol. The maximum Gasteiger partial charge on any atom is 0.0320 e. The third kappa shape index (κ3) is 3.39. The Balaban J connectivity index is 1.70. The molecule has 1 aliphatic carbocycles. The summed E-state index contributed by atoms with van der Waals surface area (Å²) in [5.74, 6) is 0.942. The van der Waals surface area contributed by atoms with Crippen LogP contribution in [0.4, 0.5) is 0 Å². The fourth-order valence-corrected chi connectivity index (χ4v) is 3.36. The molecule has 2 unspecified atom stereocenters. The number of rotatable bonds is 3. The van der Waals surface area contributed by atoms with Crippen molar-refractivity contribution >= 4 is 15.9 Å². The molecule has 0 aromatic heterocycles. The van der Waals surface area contributed by atoms with Crippen LogP contribution in [-0.4, -0.2) is 30.6 Å². The summed E-state index contributed by atoms with van der Waals surface area (Å²) in [6, 6.07) is 10.0. The molecular formula is C16H23BrN2. The van der Waals surface area contributed by atoms with Gasteiger partial charge in [-0.2, -0.15) is 0 Å². The molecule has 3 rings (SSSR count). The quantitative estimate of drug-likeness (QED) is 0.915. The summed E-state index contributed by atoms with van der Waals surface area (Å²) in [5, 5.41) is 3.74. The summed E-state index contributed by atoms with van der Waals surface area (Å²) >= 11 is 3.52. The van der Waals surface area contributed by atoms with E-state index >= 15 is 0 Å². The number of benzene rings is 1. The smallest absolute Gasteiger partial charge is 0.0320 e. The second-order valence-corrected chi connectivity index (χ2v) is 6.89. The van der Waals surface area contributed by atoms with E-state index in [-0.39, 0.29) is 0 Å². The van der Waals surface area contributed by atoms with E-state index in [1.165, 1.54) is 44.5 Å². The molecule has 0 spiro atoms. The van der Waals surface area contributed by atoms with Gasteiger partial charge in [-0.05, 0) is 56.3 Å². The molecule has 0 amide bonds. The van der Waals surface area contributed by atoms with E-state index in [0.29, 0.717) is 6.04 Å². The van der Waals surface area contributed by atoms with Crippen LogP contribution >= 0.6 is 15.9 Å². The van der Waals surface area contributed by atoms with Gasteiger partial charge in [0.05, 0.1) is 0 Å². The molecule has 1 aliphatic heterocycles. The molecule has 1 aromatic rings. The maximum absolute atomic E-state index is 3.74. The van der Waals surface area contributed by atoms with Gasteiger partial charge in [0, 0.05) is 29.6 Å². The average molecular weight is 323 g/mol. The van der Waals surface area contributed by atoms with E-state index in [4.69, 9.17) is 0 Å². The van der Waals surface area contributed by atoms with Crippen molar-refractivity contribution in [2.75, 3.05) is 19.6 Å². The van der Waals surface area contributed by atoms with E-state index in [2.05, 4.69) is 57.3 Å². The second-order valence-electron chi connectivity index (χ2n) is 5.97. The van der Waals surface area contributed by atoms with Crippen LogP contribution in [0.3, 0.4) is 0 Å². The van der Waals surface area contributed by atoms with Crippen molar-refractivity contribution in [1.29, 1.82) is 0 Å². The first-order valence-electron chi connectivity index (χ1n) is 7.47. The SMILES string of the molecule is CC(c1ccc(Br)cc1)N1CCCNC(C2CC2)C1. The first kappa shape index (κ1) is 13.6. The maximum atomic E-state index is 3.74. The molecule has 2 atom stereocenters. The van der Waals surface area contributed by atoms with Gasteiger partial charge in [-0.25, -0.2) is 0 Å². The van der Waals surface area contributed by atoms with Gasteiger partial charge >= 0.3 is 0 Å². The highest BCUT2D eigenvalue weighted by atomic mass is 79.9. The van der Waals surface area contributed by atoms with Gasteiger partial charge in [0.1, 0.15) is 0 Å². The molecule has 104 valence electrons. The fraction of sp³-hybridized carbons (Fsp3) is 0.625. The number of nitrogens with one attached hydrogen (secondary N) is 1. The van der Waals surface area contributed by atoms with E-state index in [0.717, 1.165) is 16.4 Å². The first-order valence-corrected chi connectivity index (χ1v) is 8.26. The highest BCUT2D eigenvalue weighted by molar-refractivity contribution is 9.10. The molecule has 1 saturated carbocycles. The Morgan fingerprint density at radius 1 is 1.26 bits per heavy atom. The Kier molecular flexibility index (Phi) is 4.25. The summed E-state index contributed by atoms with van der Waals surface area (Å²) < 4.78 is 1.16. The summed E-state index contributed by atoms with van der Waals surface area (Å²) in [6.07, 6.45) is 4.13. The van der Waals surface area contributed by atoms with Crippen LogP contribution in [0.5, 0.6) is 0 Å². The Morgan fingerprint density at radius 3 is 2.68 bits per heavy atom. The van der Waals surface area contributed by atoms with Crippen LogP contribution in [0, 0.1) is 5.92 Å². The zero-order chi connectivity index (χ0) is 13.2. The Hall–Kier alpha value is -0.380. The van der Waals surface area contributed by atoms with E-state index in [9.17, 15) is 0 Å². The molecule has 2 aliphatic rings. The van der Waals surface area contributed by atoms with Gasteiger partial charge in [0.25, 0.3) is 0 Å². The van der Waals surface area contributed by atoms with Crippen molar-refractivity contribution in [2.45, 2.75) is 38.3 Å². The number of hydrogen-bond acceptors (Lipinski definition) is 2. The zero-order valence-corrected chi connectivity index (χ0v) is 13.2. The summed E-state index contributed by atoms with van der Waals surface area (Å²) in [4.78, 5) is 2.66. The van der Waals surface area contributed by atoms with Crippen molar-refractivity contribution in [3.05, 3.63) is 34.3 Å². The number of hydrogen-bond donors (Lipinski definition) is 1. The Morgan fingerprint density at radius 2 is 2.00 bits per heavy atom. The molecule has 19 heavy (non-hydrogen) atoms. The minimum Gasteiger partial charge on any atom is -0.312 e. The van der Waals surface area contributed by atoms with Crippen LogP contribution in [0.15, 0.2) is 28.7 Å². The molecular weight excluding hydrogens is 300 g/mol. The predicted octanol–water partition coefficient (Wildman–Crippen LogP) is 3.58. The minimum absolute atomic E-state index is 0.522. The highest BCUT2D eigenvalue weighted by Crippen LogP contribution is 2.34. The number of halogens is 1. The minimum atomic E-state index is 0.522. The fourth-order valence-electron chi connectivity index (χ4n) is 3.10. The van der Waals surface area contributed by atoms with Crippen molar-refractivity contribution in [1.82, 2.24) is 10.2 Å². The van der Waals surface area contributed by atoms with E-state index in [1.54, 1.807) is 0 Å². The van der Waals surface area contributed by atoms with E-state index < -0.39 is 0 Å². The number of nitrogens with zero attached hydrogens (tertiary/aromatic N) is 1. The third-order valence-electron chi connectivity index (χ3n) is 4.55. The second kappa shape index (κ2) is 5.94. The summed E-state index contributed by atoms with van der Waals surface area (Å²) in [6.45, 7) is 5.96. The molecule has 1 saturated heterocycles. The van der Waals surface area contributed by atoms with Crippen molar-refractivity contribution in [3.8, 4) is 0 Å². The third-order valence-corrected chi connectivity index (χ3v) is 5.08. The van der Waals surface area contributed by atoms with Gasteiger partial charge in [-0.3, -0.25) is 4.90 Å². The lowest BCUT2D eigenvalue weighted by atomic mass is 10.1. The van der Waals surface area contributed by atoms with Crippen LogP contribution in [0.2, 0.25) is 0 Å². The topological polar surface area (TPSA) is 15.3 Å². The van der Waals surface area contributed by atoms with E-state index in [1.807, 2.05) is 0 Å². The highest BCUT2D eigenvalue weighted by Gasteiger charge is 2.34. The van der Waals surface area contributed by atoms with Crippen molar-refractivity contribution < 1.29 is 0 Å².